The van der Waals surface area contributed by atoms with Crippen LogP contribution in [0.25, 0.3) is 0 Å². The highest BCUT2D eigenvalue weighted by molar-refractivity contribution is 5.82. The number of nitrogens with two attached hydrogens (primary N) is 1. The number of Topliss-reactive ketones (excluding diaryl/α,β-unsaturated/α-hetero) is 1. The molecule has 1 aromatic carbocycles. The average Bonchev–Trinajstić information content (AvgIpc) is 2.45. The molecule has 116 valence electrons. The van der Waals surface area contributed by atoms with Gasteiger partial charge in [-0.05, 0) is 43.4 Å². The second-order valence-corrected chi connectivity index (χ2v) is 5.89. The van der Waals surface area contributed by atoms with Crippen molar-refractivity contribution in [1.82, 2.24) is 0 Å². The van der Waals surface area contributed by atoms with Crippen LogP contribution in [-0.4, -0.2) is 18.3 Å². The molecule has 3 N–H and O–H groups in total. The van der Waals surface area contributed by atoms with Gasteiger partial charge in [0.2, 0.25) is 5.92 Å². The van der Waals surface area contributed by atoms with E-state index in [0.29, 0.717) is 19.4 Å². The summed E-state index contributed by atoms with van der Waals surface area (Å²) >= 11 is 0. The Balaban J connectivity index is 1.89. The number of benzene rings is 1. The Morgan fingerprint density at radius 2 is 2.10 bits per heavy atom. The molecule has 1 aliphatic carbocycles. The summed E-state index contributed by atoms with van der Waals surface area (Å²) in [5, 5.41) is 3.26. The van der Waals surface area contributed by atoms with Crippen molar-refractivity contribution >= 4 is 11.5 Å². The molecule has 0 radical (unpaired) electrons. The minimum atomic E-state index is -2.48. The molecule has 0 aliphatic heterocycles. The smallest absolute Gasteiger partial charge is 0.248 e. The first kappa shape index (κ1) is 15.9. The molecule has 21 heavy (non-hydrogen) atoms. The number of hydrogen-bond acceptors (Lipinski definition) is 3. The lowest BCUT2D eigenvalue weighted by molar-refractivity contribution is -0.118. The second-order valence-electron chi connectivity index (χ2n) is 5.89. The van der Waals surface area contributed by atoms with Gasteiger partial charge in [0.25, 0.3) is 0 Å². The minimum absolute atomic E-state index is 0.0192. The highest BCUT2D eigenvalue weighted by Gasteiger charge is 2.34. The lowest BCUT2D eigenvalue weighted by atomic mass is 9.87. The summed E-state index contributed by atoms with van der Waals surface area (Å²) in [5.41, 5.74) is 7.46. The molecule has 0 heterocycles. The fraction of sp³-hybridized carbons (Fsp3) is 0.562. The van der Waals surface area contributed by atoms with Gasteiger partial charge in [0, 0.05) is 25.1 Å². The summed E-state index contributed by atoms with van der Waals surface area (Å²) in [5.74, 6) is -2.29. The van der Waals surface area contributed by atoms with Crippen molar-refractivity contribution in [3.8, 4) is 0 Å². The minimum Gasteiger partial charge on any atom is -0.385 e. The quantitative estimate of drug-likeness (QED) is 0.874. The lowest BCUT2D eigenvalue weighted by Gasteiger charge is -2.28. The van der Waals surface area contributed by atoms with Crippen LogP contribution in [0.15, 0.2) is 24.3 Å². The molecular weight excluding hydrogens is 274 g/mol. The Bertz CT molecular complexity index is 495. The van der Waals surface area contributed by atoms with Gasteiger partial charge in [0.1, 0.15) is 0 Å². The summed E-state index contributed by atoms with van der Waals surface area (Å²) in [6.07, 6.45) is 1.06. The highest BCUT2D eigenvalue weighted by Crippen LogP contribution is 2.36. The molecule has 0 bridgehead atoms. The summed E-state index contributed by atoms with van der Waals surface area (Å²) in [6, 6.07) is 6.80. The van der Waals surface area contributed by atoms with Crippen LogP contribution in [-0.2, 0) is 4.79 Å². The molecule has 0 aromatic heterocycles. The molecule has 1 atom stereocenters. The van der Waals surface area contributed by atoms with Gasteiger partial charge < -0.3 is 11.1 Å². The summed E-state index contributed by atoms with van der Waals surface area (Å²) < 4.78 is 26.2. The van der Waals surface area contributed by atoms with Crippen molar-refractivity contribution in [3.63, 3.8) is 0 Å². The van der Waals surface area contributed by atoms with Crippen LogP contribution in [0.3, 0.4) is 0 Å². The van der Waals surface area contributed by atoms with Gasteiger partial charge in [-0.15, -0.1) is 0 Å². The van der Waals surface area contributed by atoms with E-state index >= 15 is 0 Å². The van der Waals surface area contributed by atoms with E-state index in [2.05, 4.69) is 5.32 Å². The third-order valence-corrected chi connectivity index (χ3v) is 4.12. The number of anilines is 1. The van der Waals surface area contributed by atoms with Gasteiger partial charge in [-0.25, -0.2) is 8.78 Å². The molecule has 0 amide bonds. The summed E-state index contributed by atoms with van der Waals surface area (Å²) in [4.78, 5) is 11.3. The third-order valence-electron chi connectivity index (χ3n) is 4.12. The molecule has 1 fully saturated rings. The first-order valence-electron chi connectivity index (χ1n) is 7.35. The van der Waals surface area contributed by atoms with Crippen molar-refractivity contribution in [1.29, 1.82) is 0 Å². The molecule has 2 rings (SSSR count). The fourth-order valence-corrected chi connectivity index (χ4v) is 2.64. The monoisotopic (exact) mass is 296 g/mol. The van der Waals surface area contributed by atoms with Gasteiger partial charge in [-0.2, -0.15) is 0 Å². The largest absolute Gasteiger partial charge is 0.385 e. The number of halogens is 2. The molecule has 1 unspecified atom stereocenters. The molecule has 5 heteroatoms. The van der Waals surface area contributed by atoms with Crippen LogP contribution >= 0.6 is 0 Å². The number of nitrogens with one attached hydrogen (secondary N) is 1. The molecule has 1 aromatic rings. The van der Waals surface area contributed by atoms with E-state index in [0.717, 1.165) is 11.3 Å². The van der Waals surface area contributed by atoms with E-state index in [9.17, 15) is 13.6 Å². The van der Waals surface area contributed by atoms with Crippen molar-refractivity contribution < 1.29 is 13.6 Å². The van der Waals surface area contributed by atoms with E-state index < -0.39 is 12.0 Å². The molecular formula is C16H22F2N2O. The Morgan fingerprint density at radius 1 is 1.43 bits per heavy atom. The number of carbonyl (C=O) groups excluding carboxylic acids is 1. The zero-order chi connectivity index (χ0) is 15.5. The average molecular weight is 296 g/mol. The SMILES string of the molecule is CC(=O)C(N)c1cccc(NCC2CCC(F)(F)CC2)c1. The van der Waals surface area contributed by atoms with E-state index in [1.54, 1.807) is 0 Å². The number of hydrogen-bond donors (Lipinski definition) is 2. The van der Waals surface area contributed by atoms with E-state index in [1.807, 2.05) is 24.3 Å². The van der Waals surface area contributed by atoms with Gasteiger partial charge in [0.15, 0.2) is 5.78 Å². The van der Waals surface area contributed by atoms with Gasteiger partial charge >= 0.3 is 0 Å². The van der Waals surface area contributed by atoms with Crippen LogP contribution in [0.5, 0.6) is 0 Å². The van der Waals surface area contributed by atoms with Crippen LogP contribution < -0.4 is 11.1 Å². The maximum atomic E-state index is 13.1. The van der Waals surface area contributed by atoms with Crippen molar-refractivity contribution in [3.05, 3.63) is 29.8 Å². The van der Waals surface area contributed by atoms with Gasteiger partial charge in [0.05, 0.1) is 6.04 Å². The second kappa shape index (κ2) is 6.52. The van der Waals surface area contributed by atoms with Crippen LogP contribution in [0.4, 0.5) is 14.5 Å². The lowest BCUT2D eigenvalue weighted by Crippen LogP contribution is -2.28. The van der Waals surface area contributed by atoms with Crippen molar-refractivity contribution in [2.24, 2.45) is 11.7 Å². The third kappa shape index (κ3) is 4.49. The van der Waals surface area contributed by atoms with E-state index in [4.69, 9.17) is 5.73 Å². The molecule has 1 saturated carbocycles. The predicted octanol–water partition coefficient (Wildman–Crippen LogP) is 3.51. The van der Waals surface area contributed by atoms with Crippen LogP contribution in [0.1, 0.15) is 44.2 Å². The number of alkyl halides is 2. The number of ketones is 1. The fourth-order valence-electron chi connectivity index (χ4n) is 2.64. The Hall–Kier alpha value is -1.49. The molecule has 0 saturated heterocycles. The van der Waals surface area contributed by atoms with Crippen LogP contribution in [0.2, 0.25) is 0 Å². The highest BCUT2D eigenvalue weighted by atomic mass is 19.3. The maximum absolute atomic E-state index is 13.1. The summed E-state index contributed by atoms with van der Waals surface area (Å²) in [6.45, 7) is 2.14. The topological polar surface area (TPSA) is 55.1 Å². The molecule has 1 aliphatic rings. The molecule has 0 spiro atoms. The first-order chi connectivity index (χ1) is 9.87. The maximum Gasteiger partial charge on any atom is 0.248 e. The normalized spacial score (nSPS) is 20.0. The zero-order valence-corrected chi connectivity index (χ0v) is 12.2. The zero-order valence-electron chi connectivity index (χ0n) is 12.2. The number of carbonyl (C=O) groups is 1. The van der Waals surface area contributed by atoms with Gasteiger partial charge in [-0.3, -0.25) is 4.79 Å². The Morgan fingerprint density at radius 3 is 2.71 bits per heavy atom. The Labute approximate surface area is 123 Å². The van der Waals surface area contributed by atoms with Crippen molar-refractivity contribution in [2.75, 3.05) is 11.9 Å². The van der Waals surface area contributed by atoms with Crippen LogP contribution in [0, 0.1) is 5.92 Å². The van der Waals surface area contributed by atoms with E-state index in [-0.39, 0.29) is 24.5 Å². The summed E-state index contributed by atoms with van der Waals surface area (Å²) in [7, 11) is 0. The number of rotatable bonds is 5. The van der Waals surface area contributed by atoms with E-state index in [1.165, 1.54) is 6.92 Å². The molecule has 3 nitrogen and oxygen atoms in total. The standard InChI is InChI=1S/C16H22F2N2O/c1-11(21)15(19)13-3-2-4-14(9-13)20-10-12-5-7-16(17,18)8-6-12/h2-4,9,12,15,20H,5-8,10,19H2,1H3. The predicted molar refractivity (Wildman–Crippen MR) is 79.4 cm³/mol. The Kier molecular flexibility index (Phi) is 4.93. The van der Waals surface area contributed by atoms with Crippen molar-refractivity contribution in [2.45, 2.75) is 44.6 Å². The van der Waals surface area contributed by atoms with Gasteiger partial charge in [-0.1, -0.05) is 12.1 Å². The first-order valence-corrected chi connectivity index (χ1v) is 7.35.